The highest BCUT2D eigenvalue weighted by molar-refractivity contribution is 5.77. The predicted octanol–water partition coefficient (Wildman–Crippen LogP) is 6.39. The molecule has 0 aromatic heterocycles. The van der Waals surface area contributed by atoms with Crippen LogP contribution in [0.4, 0.5) is 0 Å². The lowest BCUT2D eigenvalue weighted by Gasteiger charge is -2.19. The van der Waals surface area contributed by atoms with Gasteiger partial charge < -0.3 is 0 Å². The SMILES string of the molecule is CCCC1=Cc2cccc(-c3ccc(C(C)(C)C)cc3)c2C1. The van der Waals surface area contributed by atoms with Crippen LogP contribution in [0.25, 0.3) is 17.2 Å². The van der Waals surface area contributed by atoms with E-state index in [1.807, 2.05) is 0 Å². The molecule has 0 bridgehead atoms. The quantitative estimate of drug-likeness (QED) is 0.614. The third-order valence-corrected chi connectivity index (χ3v) is 4.61. The fourth-order valence-corrected chi connectivity index (χ4v) is 3.34. The summed E-state index contributed by atoms with van der Waals surface area (Å²) in [5.74, 6) is 0. The van der Waals surface area contributed by atoms with Crippen molar-refractivity contribution in [1.82, 2.24) is 0 Å². The van der Waals surface area contributed by atoms with Gasteiger partial charge in [0.05, 0.1) is 0 Å². The maximum atomic E-state index is 2.39. The summed E-state index contributed by atoms with van der Waals surface area (Å²) in [5, 5.41) is 0. The van der Waals surface area contributed by atoms with E-state index in [4.69, 9.17) is 0 Å². The molecule has 0 spiro atoms. The zero-order valence-corrected chi connectivity index (χ0v) is 14.2. The van der Waals surface area contributed by atoms with Crippen molar-refractivity contribution in [1.29, 1.82) is 0 Å². The highest BCUT2D eigenvalue weighted by atomic mass is 14.2. The Morgan fingerprint density at radius 1 is 0.955 bits per heavy atom. The molecule has 1 aliphatic carbocycles. The fraction of sp³-hybridized carbons (Fsp3) is 0.364. The fourth-order valence-electron chi connectivity index (χ4n) is 3.34. The van der Waals surface area contributed by atoms with Gasteiger partial charge in [-0.05, 0) is 46.1 Å². The van der Waals surface area contributed by atoms with Crippen LogP contribution in [0.1, 0.15) is 57.2 Å². The van der Waals surface area contributed by atoms with E-state index in [2.05, 4.69) is 76.2 Å². The molecule has 1 aliphatic rings. The molecule has 0 aliphatic heterocycles. The molecular weight excluding hydrogens is 264 g/mol. The molecule has 0 fully saturated rings. The van der Waals surface area contributed by atoms with Gasteiger partial charge in [-0.2, -0.15) is 0 Å². The second-order valence-corrected chi connectivity index (χ2v) is 7.43. The van der Waals surface area contributed by atoms with Crippen molar-refractivity contribution in [2.45, 2.75) is 52.4 Å². The van der Waals surface area contributed by atoms with Gasteiger partial charge in [0.15, 0.2) is 0 Å². The zero-order valence-electron chi connectivity index (χ0n) is 14.2. The first-order valence-electron chi connectivity index (χ1n) is 8.41. The van der Waals surface area contributed by atoms with Crippen LogP contribution in [-0.2, 0) is 11.8 Å². The van der Waals surface area contributed by atoms with Crippen LogP contribution < -0.4 is 0 Å². The minimum absolute atomic E-state index is 0.215. The van der Waals surface area contributed by atoms with Crippen LogP contribution >= 0.6 is 0 Å². The molecule has 0 saturated carbocycles. The van der Waals surface area contributed by atoms with Crippen LogP contribution in [0, 0.1) is 0 Å². The molecule has 0 heterocycles. The lowest BCUT2D eigenvalue weighted by atomic mass is 9.85. The summed E-state index contributed by atoms with van der Waals surface area (Å²) in [5.41, 5.74) is 8.86. The third kappa shape index (κ3) is 2.88. The van der Waals surface area contributed by atoms with Gasteiger partial charge in [0.1, 0.15) is 0 Å². The lowest BCUT2D eigenvalue weighted by molar-refractivity contribution is 0.590. The van der Waals surface area contributed by atoms with Gasteiger partial charge in [-0.25, -0.2) is 0 Å². The van der Waals surface area contributed by atoms with E-state index in [0.29, 0.717) is 0 Å². The summed E-state index contributed by atoms with van der Waals surface area (Å²) in [7, 11) is 0. The van der Waals surface area contributed by atoms with Crippen molar-refractivity contribution in [3.05, 3.63) is 64.7 Å². The molecular formula is C22H26. The lowest BCUT2D eigenvalue weighted by Crippen LogP contribution is -2.10. The summed E-state index contributed by atoms with van der Waals surface area (Å²) in [6.45, 7) is 9.06. The third-order valence-electron chi connectivity index (χ3n) is 4.61. The van der Waals surface area contributed by atoms with Gasteiger partial charge in [0, 0.05) is 0 Å². The Kier molecular flexibility index (Phi) is 3.95. The Labute approximate surface area is 134 Å². The molecule has 0 atom stereocenters. The van der Waals surface area contributed by atoms with Crippen LogP contribution in [0.15, 0.2) is 48.0 Å². The maximum Gasteiger partial charge on any atom is -0.00517 e. The first-order valence-corrected chi connectivity index (χ1v) is 8.41. The summed E-state index contributed by atoms with van der Waals surface area (Å²) < 4.78 is 0. The molecule has 0 N–H and O–H groups in total. The van der Waals surface area contributed by atoms with Crippen LogP contribution in [0.2, 0.25) is 0 Å². The summed E-state index contributed by atoms with van der Waals surface area (Å²) in [4.78, 5) is 0. The van der Waals surface area contributed by atoms with E-state index in [1.165, 1.54) is 40.7 Å². The normalized spacial score (nSPS) is 13.9. The number of allylic oxidation sites excluding steroid dienone is 1. The average molecular weight is 290 g/mol. The number of fused-ring (bicyclic) bond motifs is 1. The second kappa shape index (κ2) is 5.76. The molecule has 22 heavy (non-hydrogen) atoms. The van der Waals surface area contributed by atoms with Gasteiger partial charge >= 0.3 is 0 Å². The molecule has 0 nitrogen and oxygen atoms in total. The first kappa shape index (κ1) is 15.1. The Morgan fingerprint density at radius 2 is 1.68 bits per heavy atom. The predicted molar refractivity (Wildman–Crippen MR) is 97.2 cm³/mol. The molecule has 0 unspecified atom stereocenters. The molecule has 0 amide bonds. The number of hydrogen-bond donors (Lipinski definition) is 0. The molecule has 0 saturated heterocycles. The Bertz CT molecular complexity index is 694. The second-order valence-electron chi connectivity index (χ2n) is 7.43. The van der Waals surface area contributed by atoms with E-state index in [0.717, 1.165) is 6.42 Å². The van der Waals surface area contributed by atoms with Crippen molar-refractivity contribution < 1.29 is 0 Å². The number of benzene rings is 2. The van der Waals surface area contributed by atoms with Gasteiger partial charge in [-0.1, -0.05) is 88.2 Å². The minimum atomic E-state index is 0.215. The van der Waals surface area contributed by atoms with Crippen LogP contribution in [-0.4, -0.2) is 0 Å². The molecule has 0 heteroatoms. The zero-order chi connectivity index (χ0) is 15.7. The molecule has 0 radical (unpaired) electrons. The van der Waals surface area contributed by atoms with Crippen molar-refractivity contribution in [3.8, 4) is 11.1 Å². The van der Waals surface area contributed by atoms with E-state index in [1.54, 1.807) is 5.57 Å². The van der Waals surface area contributed by atoms with E-state index >= 15 is 0 Å². The molecule has 2 aromatic rings. The van der Waals surface area contributed by atoms with Crippen molar-refractivity contribution >= 4 is 6.08 Å². The van der Waals surface area contributed by atoms with Crippen LogP contribution in [0.5, 0.6) is 0 Å². The Morgan fingerprint density at radius 3 is 2.32 bits per heavy atom. The van der Waals surface area contributed by atoms with E-state index in [9.17, 15) is 0 Å². The topological polar surface area (TPSA) is 0 Å². The summed E-state index contributed by atoms with van der Waals surface area (Å²) >= 11 is 0. The van der Waals surface area contributed by atoms with Crippen molar-refractivity contribution in [3.63, 3.8) is 0 Å². The van der Waals surface area contributed by atoms with Crippen LogP contribution in [0.3, 0.4) is 0 Å². The van der Waals surface area contributed by atoms with E-state index < -0.39 is 0 Å². The van der Waals surface area contributed by atoms with Gasteiger partial charge in [0.25, 0.3) is 0 Å². The van der Waals surface area contributed by atoms with Crippen molar-refractivity contribution in [2.75, 3.05) is 0 Å². The summed E-state index contributed by atoms with van der Waals surface area (Å²) in [6.07, 6.45) is 5.97. The van der Waals surface area contributed by atoms with Gasteiger partial charge in [0.2, 0.25) is 0 Å². The van der Waals surface area contributed by atoms with Crippen molar-refractivity contribution in [2.24, 2.45) is 0 Å². The average Bonchev–Trinajstić information content (AvgIpc) is 2.89. The molecule has 114 valence electrons. The van der Waals surface area contributed by atoms with Gasteiger partial charge in [-0.15, -0.1) is 0 Å². The number of hydrogen-bond acceptors (Lipinski definition) is 0. The smallest absolute Gasteiger partial charge is 0.00517 e. The summed E-state index contributed by atoms with van der Waals surface area (Å²) in [6, 6.07) is 15.9. The maximum absolute atomic E-state index is 2.39. The number of rotatable bonds is 3. The Hall–Kier alpha value is -1.82. The van der Waals surface area contributed by atoms with E-state index in [-0.39, 0.29) is 5.41 Å². The first-order chi connectivity index (χ1) is 10.5. The highest BCUT2D eigenvalue weighted by Crippen LogP contribution is 2.36. The molecule has 3 rings (SSSR count). The monoisotopic (exact) mass is 290 g/mol. The van der Waals surface area contributed by atoms with Gasteiger partial charge in [-0.3, -0.25) is 0 Å². The highest BCUT2D eigenvalue weighted by Gasteiger charge is 2.17. The largest absolute Gasteiger partial charge is 0.0652 e. The molecule has 2 aromatic carbocycles. The Balaban J connectivity index is 1.94. The minimum Gasteiger partial charge on any atom is -0.0652 e. The standard InChI is InChI=1S/C22H26/c1-5-7-16-14-18-8-6-9-20(21(18)15-16)17-10-12-19(13-11-17)22(2,3)4/h6,8-14H,5,7,15H2,1-4H3.